The third-order valence-corrected chi connectivity index (χ3v) is 6.20. The largest absolute Gasteiger partial charge is 0.347 e. The van der Waals surface area contributed by atoms with E-state index in [4.69, 9.17) is 0 Å². The fourth-order valence-corrected chi connectivity index (χ4v) is 4.61. The zero-order valence-electron chi connectivity index (χ0n) is 12.7. The molecule has 1 amide bonds. The molecule has 0 radical (unpaired) electrons. The van der Waals surface area contributed by atoms with E-state index in [1.165, 1.54) is 11.3 Å². The summed E-state index contributed by atoms with van der Waals surface area (Å²) in [7, 11) is 0. The number of hydrogen-bond acceptors (Lipinski definition) is 5. The van der Waals surface area contributed by atoms with E-state index in [2.05, 4.69) is 19.9 Å². The Balaban J connectivity index is 1.50. The molecule has 7 heteroatoms. The smallest absolute Gasteiger partial charge is 0.263 e. The molecule has 5 nitrogen and oxygen atoms in total. The first-order chi connectivity index (χ1) is 11.2. The molecule has 0 bridgehead atoms. The van der Waals surface area contributed by atoms with Crippen LogP contribution in [0.4, 0.5) is 0 Å². The summed E-state index contributed by atoms with van der Waals surface area (Å²) in [5.74, 6) is 1.08. The van der Waals surface area contributed by atoms with E-state index in [1.807, 2.05) is 36.8 Å². The lowest BCUT2D eigenvalue weighted by molar-refractivity contribution is 0.0931. The maximum Gasteiger partial charge on any atom is 0.263 e. The summed E-state index contributed by atoms with van der Waals surface area (Å²) in [6, 6.07) is 4.18. The summed E-state index contributed by atoms with van der Waals surface area (Å²) in [5, 5.41) is 6.10. The van der Waals surface area contributed by atoms with Gasteiger partial charge in [-0.25, -0.2) is 9.97 Å². The molecule has 0 aromatic carbocycles. The molecule has 0 saturated carbocycles. The van der Waals surface area contributed by atoms with Gasteiger partial charge in [-0.3, -0.25) is 4.79 Å². The number of rotatable bonds is 3. The normalized spacial score (nSPS) is 17.0. The van der Waals surface area contributed by atoms with Gasteiger partial charge in [0.05, 0.1) is 10.6 Å². The van der Waals surface area contributed by atoms with Gasteiger partial charge < -0.3 is 9.88 Å². The maximum atomic E-state index is 12.6. The molecule has 1 N–H and O–H groups in total. The van der Waals surface area contributed by atoms with Gasteiger partial charge in [0.1, 0.15) is 15.7 Å². The molecular weight excluding hydrogens is 328 g/mol. The van der Waals surface area contributed by atoms with Crippen LogP contribution in [0.2, 0.25) is 0 Å². The van der Waals surface area contributed by atoms with Crippen molar-refractivity contribution in [2.24, 2.45) is 0 Å². The van der Waals surface area contributed by atoms with Crippen molar-refractivity contribution in [1.82, 2.24) is 19.9 Å². The molecule has 3 aromatic heterocycles. The number of nitrogens with one attached hydrogen (secondary N) is 1. The number of imidazole rings is 1. The van der Waals surface area contributed by atoms with E-state index in [0.717, 1.165) is 40.8 Å². The highest BCUT2D eigenvalue weighted by atomic mass is 32.1. The van der Waals surface area contributed by atoms with Crippen LogP contribution in [0.15, 0.2) is 29.9 Å². The molecule has 118 valence electrons. The Morgan fingerprint density at radius 3 is 3.22 bits per heavy atom. The third-order valence-electron chi connectivity index (χ3n) is 4.01. The van der Waals surface area contributed by atoms with E-state index in [-0.39, 0.29) is 11.9 Å². The molecule has 4 heterocycles. The van der Waals surface area contributed by atoms with E-state index < -0.39 is 0 Å². The first kappa shape index (κ1) is 14.6. The van der Waals surface area contributed by atoms with Crippen molar-refractivity contribution < 1.29 is 4.79 Å². The fourth-order valence-electron chi connectivity index (χ4n) is 2.85. The maximum absolute atomic E-state index is 12.6. The first-order valence-electron chi connectivity index (χ1n) is 7.53. The average molecular weight is 344 g/mol. The quantitative estimate of drug-likeness (QED) is 0.794. The Kier molecular flexibility index (Phi) is 3.74. The van der Waals surface area contributed by atoms with Crippen LogP contribution in [0.1, 0.15) is 27.6 Å². The Bertz CT molecular complexity index is 834. The Morgan fingerprint density at radius 1 is 1.48 bits per heavy atom. The van der Waals surface area contributed by atoms with Crippen molar-refractivity contribution >= 4 is 28.6 Å². The van der Waals surface area contributed by atoms with Crippen LogP contribution in [0.3, 0.4) is 0 Å². The summed E-state index contributed by atoms with van der Waals surface area (Å²) in [5.41, 5.74) is 0.801. The highest BCUT2D eigenvalue weighted by molar-refractivity contribution is 7.22. The van der Waals surface area contributed by atoms with Gasteiger partial charge in [0.15, 0.2) is 0 Å². The van der Waals surface area contributed by atoms with Gasteiger partial charge in [-0.1, -0.05) is 6.07 Å². The van der Waals surface area contributed by atoms with Crippen LogP contribution >= 0.6 is 22.7 Å². The highest BCUT2D eigenvalue weighted by Crippen LogP contribution is 2.31. The molecule has 3 aromatic rings. The summed E-state index contributed by atoms with van der Waals surface area (Å²) >= 11 is 3.11. The van der Waals surface area contributed by atoms with Gasteiger partial charge in [0, 0.05) is 31.4 Å². The standard InChI is InChI=1S/C16H16N4OS2/c1-10-14(23-16(18-10)12-3-2-8-22-12)15(21)19-11-4-5-13-17-6-7-20(13)9-11/h2-3,6-8,11H,4-5,9H2,1H3,(H,19,21)/t11-/m0/s1. The number of hydrogen-bond donors (Lipinski definition) is 1. The number of thiophene rings is 1. The minimum absolute atomic E-state index is 0.0172. The average Bonchev–Trinajstić information content (AvgIpc) is 3.26. The van der Waals surface area contributed by atoms with Crippen molar-refractivity contribution in [3.05, 3.63) is 46.3 Å². The van der Waals surface area contributed by atoms with Crippen molar-refractivity contribution in [3.8, 4) is 9.88 Å². The molecular formula is C16H16N4OS2. The van der Waals surface area contributed by atoms with E-state index in [1.54, 1.807) is 11.3 Å². The van der Waals surface area contributed by atoms with Crippen molar-refractivity contribution in [1.29, 1.82) is 0 Å². The van der Waals surface area contributed by atoms with Crippen LogP contribution in [0.25, 0.3) is 9.88 Å². The number of amides is 1. The van der Waals surface area contributed by atoms with Crippen LogP contribution in [0.5, 0.6) is 0 Å². The molecule has 1 aliphatic rings. The number of carbonyl (C=O) groups is 1. The van der Waals surface area contributed by atoms with Crippen LogP contribution in [-0.4, -0.2) is 26.5 Å². The lowest BCUT2D eigenvalue weighted by atomic mass is 10.1. The van der Waals surface area contributed by atoms with Gasteiger partial charge in [0.25, 0.3) is 5.91 Å². The van der Waals surface area contributed by atoms with Crippen LogP contribution in [0, 0.1) is 6.92 Å². The predicted molar refractivity (Wildman–Crippen MR) is 92.0 cm³/mol. The van der Waals surface area contributed by atoms with Gasteiger partial charge in [-0.15, -0.1) is 22.7 Å². The number of aryl methyl sites for hydroxylation is 2. The number of aromatic nitrogens is 3. The number of carbonyl (C=O) groups excluding carboxylic acids is 1. The zero-order valence-corrected chi connectivity index (χ0v) is 14.3. The van der Waals surface area contributed by atoms with Gasteiger partial charge in [-0.2, -0.15) is 0 Å². The van der Waals surface area contributed by atoms with E-state index in [9.17, 15) is 4.79 Å². The first-order valence-corrected chi connectivity index (χ1v) is 9.22. The van der Waals surface area contributed by atoms with Gasteiger partial charge in [0.2, 0.25) is 0 Å². The molecule has 0 spiro atoms. The second-order valence-corrected chi connectivity index (χ2v) is 7.56. The summed E-state index contributed by atoms with van der Waals surface area (Å²) in [6.07, 6.45) is 5.62. The SMILES string of the molecule is Cc1nc(-c2cccs2)sc1C(=O)N[C@H]1CCc2nccn2C1. The molecule has 1 atom stereocenters. The molecule has 4 rings (SSSR count). The molecule has 0 aliphatic carbocycles. The fraction of sp³-hybridized carbons (Fsp3) is 0.312. The van der Waals surface area contributed by atoms with E-state index in [0.29, 0.717) is 4.88 Å². The number of nitrogens with zero attached hydrogens (tertiary/aromatic N) is 3. The highest BCUT2D eigenvalue weighted by Gasteiger charge is 2.23. The van der Waals surface area contributed by atoms with Gasteiger partial charge in [-0.05, 0) is 24.8 Å². The molecule has 23 heavy (non-hydrogen) atoms. The monoisotopic (exact) mass is 344 g/mol. The second-order valence-electron chi connectivity index (χ2n) is 5.62. The summed E-state index contributed by atoms with van der Waals surface area (Å²) < 4.78 is 2.12. The Morgan fingerprint density at radius 2 is 2.39 bits per heavy atom. The third kappa shape index (κ3) is 2.82. The summed E-state index contributed by atoms with van der Waals surface area (Å²) in [4.78, 5) is 23.3. The topological polar surface area (TPSA) is 59.8 Å². The summed E-state index contributed by atoms with van der Waals surface area (Å²) in [6.45, 7) is 2.69. The van der Waals surface area contributed by atoms with Crippen molar-refractivity contribution in [2.45, 2.75) is 32.4 Å². The second kappa shape index (κ2) is 5.90. The Labute approximate surface area is 142 Å². The molecule has 0 fully saturated rings. The molecule has 0 unspecified atom stereocenters. The zero-order chi connectivity index (χ0) is 15.8. The minimum atomic E-state index is -0.0172. The Hall–Kier alpha value is -1.99. The number of fused-ring (bicyclic) bond motifs is 1. The van der Waals surface area contributed by atoms with E-state index >= 15 is 0 Å². The molecule has 1 aliphatic heterocycles. The van der Waals surface area contributed by atoms with Crippen LogP contribution in [-0.2, 0) is 13.0 Å². The van der Waals surface area contributed by atoms with Crippen molar-refractivity contribution in [3.63, 3.8) is 0 Å². The van der Waals surface area contributed by atoms with Crippen LogP contribution < -0.4 is 5.32 Å². The lowest BCUT2D eigenvalue weighted by Crippen LogP contribution is -2.40. The number of thiazole rings is 1. The van der Waals surface area contributed by atoms with Crippen molar-refractivity contribution in [2.75, 3.05) is 0 Å². The lowest BCUT2D eigenvalue weighted by Gasteiger charge is -2.24. The molecule has 0 saturated heterocycles. The minimum Gasteiger partial charge on any atom is -0.347 e. The van der Waals surface area contributed by atoms with Gasteiger partial charge >= 0.3 is 0 Å². The predicted octanol–water partition coefficient (Wildman–Crippen LogP) is 3.12.